The molecule has 1 heterocycles. The predicted molar refractivity (Wildman–Crippen MR) is 70.9 cm³/mol. The van der Waals surface area contributed by atoms with Crippen LogP contribution in [0.1, 0.15) is 17.2 Å². The summed E-state index contributed by atoms with van der Waals surface area (Å²) >= 11 is 0. The average molecular weight is 279 g/mol. The van der Waals surface area contributed by atoms with Gasteiger partial charge < -0.3 is 4.74 Å². The van der Waals surface area contributed by atoms with Gasteiger partial charge in [-0.2, -0.15) is 0 Å². The van der Waals surface area contributed by atoms with Crippen LogP contribution in [-0.4, -0.2) is 12.1 Å². The van der Waals surface area contributed by atoms with Gasteiger partial charge in [-0.05, 0) is 30.2 Å². The summed E-state index contributed by atoms with van der Waals surface area (Å²) in [5, 5.41) is 0. The van der Waals surface area contributed by atoms with Crippen molar-refractivity contribution in [3.8, 4) is 5.88 Å². The van der Waals surface area contributed by atoms with Crippen LogP contribution in [0, 0.1) is 11.6 Å². The highest BCUT2D eigenvalue weighted by molar-refractivity contribution is 5.26. The molecule has 0 fully saturated rings. The first-order chi connectivity index (χ1) is 9.63. The Balaban J connectivity index is 2.21. The molecular formula is C14H15F2N3O. The van der Waals surface area contributed by atoms with Crippen LogP contribution >= 0.6 is 0 Å². The molecule has 3 N–H and O–H groups in total. The van der Waals surface area contributed by atoms with E-state index in [1.54, 1.807) is 18.3 Å². The van der Waals surface area contributed by atoms with Gasteiger partial charge >= 0.3 is 0 Å². The standard InChI is InChI=1S/C14H15F2N3O/c1-20-14-5-2-9(8-18-14)6-13(19-17)11-7-10(15)3-4-12(11)16/h2-5,7-8,13,19H,6,17H2,1H3. The molecule has 0 aliphatic rings. The Morgan fingerprint density at radius 2 is 2.10 bits per heavy atom. The van der Waals surface area contributed by atoms with Crippen LogP contribution in [0.5, 0.6) is 5.88 Å². The van der Waals surface area contributed by atoms with Crippen molar-refractivity contribution in [1.29, 1.82) is 0 Å². The van der Waals surface area contributed by atoms with E-state index in [1.165, 1.54) is 7.11 Å². The Morgan fingerprint density at radius 3 is 2.70 bits per heavy atom. The van der Waals surface area contributed by atoms with Crippen molar-refractivity contribution in [2.24, 2.45) is 5.84 Å². The quantitative estimate of drug-likeness (QED) is 0.650. The number of rotatable bonds is 5. The third-order valence-electron chi connectivity index (χ3n) is 2.98. The van der Waals surface area contributed by atoms with E-state index in [2.05, 4.69) is 10.4 Å². The van der Waals surface area contributed by atoms with Crippen LogP contribution in [0.25, 0.3) is 0 Å². The number of pyridine rings is 1. The fourth-order valence-electron chi connectivity index (χ4n) is 1.93. The first-order valence-electron chi connectivity index (χ1n) is 6.04. The van der Waals surface area contributed by atoms with E-state index in [4.69, 9.17) is 10.6 Å². The molecule has 106 valence electrons. The van der Waals surface area contributed by atoms with E-state index in [0.717, 1.165) is 23.8 Å². The lowest BCUT2D eigenvalue weighted by Crippen LogP contribution is -2.30. The molecule has 1 aromatic heterocycles. The monoisotopic (exact) mass is 279 g/mol. The zero-order valence-corrected chi connectivity index (χ0v) is 10.9. The van der Waals surface area contributed by atoms with Crippen LogP contribution in [-0.2, 0) is 6.42 Å². The second-order valence-corrected chi connectivity index (χ2v) is 4.30. The topological polar surface area (TPSA) is 60.2 Å². The van der Waals surface area contributed by atoms with E-state index in [9.17, 15) is 8.78 Å². The van der Waals surface area contributed by atoms with Crippen molar-refractivity contribution in [3.05, 3.63) is 59.3 Å². The Morgan fingerprint density at radius 1 is 1.30 bits per heavy atom. The fraction of sp³-hybridized carbons (Fsp3) is 0.214. The molecule has 1 unspecified atom stereocenters. The second kappa shape index (κ2) is 6.40. The molecule has 0 amide bonds. The van der Waals surface area contributed by atoms with Gasteiger partial charge in [0.2, 0.25) is 5.88 Å². The van der Waals surface area contributed by atoms with Crippen molar-refractivity contribution in [1.82, 2.24) is 10.4 Å². The van der Waals surface area contributed by atoms with Crippen LogP contribution in [0.3, 0.4) is 0 Å². The molecule has 2 rings (SSSR count). The lowest BCUT2D eigenvalue weighted by atomic mass is 10.00. The third kappa shape index (κ3) is 3.28. The Kier molecular flexibility index (Phi) is 4.60. The molecule has 0 aliphatic carbocycles. The molecule has 0 saturated carbocycles. The number of halogens is 2. The number of hydrogen-bond acceptors (Lipinski definition) is 4. The SMILES string of the molecule is COc1ccc(CC(NN)c2cc(F)ccc2F)cn1. The lowest BCUT2D eigenvalue weighted by molar-refractivity contribution is 0.397. The Labute approximate surface area is 115 Å². The smallest absolute Gasteiger partial charge is 0.212 e. The van der Waals surface area contributed by atoms with Crippen LogP contribution in [0.15, 0.2) is 36.5 Å². The number of benzene rings is 1. The summed E-state index contributed by atoms with van der Waals surface area (Å²) in [5.74, 6) is 4.92. The van der Waals surface area contributed by atoms with Gasteiger partial charge in [0, 0.05) is 17.8 Å². The van der Waals surface area contributed by atoms with Gasteiger partial charge in [0.1, 0.15) is 11.6 Å². The number of nitrogens with two attached hydrogens (primary N) is 1. The van der Waals surface area contributed by atoms with Gasteiger partial charge in [-0.3, -0.25) is 11.3 Å². The predicted octanol–water partition coefficient (Wildman–Crippen LogP) is 2.12. The lowest BCUT2D eigenvalue weighted by Gasteiger charge is -2.17. The van der Waals surface area contributed by atoms with Gasteiger partial charge in [0.05, 0.1) is 13.2 Å². The van der Waals surface area contributed by atoms with Crippen LogP contribution in [0.2, 0.25) is 0 Å². The average Bonchev–Trinajstić information content (AvgIpc) is 2.48. The molecule has 1 aromatic carbocycles. The maximum atomic E-state index is 13.7. The van der Waals surface area contributed by atoms with Crippen molar-refractivity contribution in [2.75, 3.05) is 7.11 Å². The van der Waals surface area contributed by atoms with Gasteiger partial charge in [0.25, 0.3) is 0 Å². The number of nitrogens with zero attached hydrogens (tertiary/aromatic N) is 1. The summed E-state index contributed by atoms with van der Waals surface area (Å²) in [4.78, 5) is 4.06. The molecule has 2 aromatic rings. The minimum atomic E-state index is -0.541. The zero-order chi connectivity index (χ0) is 14.5. The second-order valence-electron chi connectivity index (χ2n) is 4.30. The van der Waals surface area contributed by atoms with Gasteiger partial charge in [-0.1, -0.05) is 6.07 Å². The van der Waals surface area contributed by atoms with Crippen LogP contribution < -0.4 is 16.0 Å². The number of nitrogens with one attached hydrogen (secondary N) is 1. The Hall–Kier alpha value is -2.05. The highest BCUT2D eigenvalue weighted by Crippen LogP contribution is 2.22. The van der Waals surface area contributed by atoms with Crippen molar-refractivity contribution in [3.63, 3.8) is 0 Å². The normalized spacial score (nSPS) is 12.2. The fourth-order valence-corrected chi connectivity index (χ4v) is 1.93. The van der Waals surface area contributed by atoms with E-state index < -0.39 is 17.7 Å². The molecule has 0 radical (unpaired) electrons. The summed E-state index contributed by atoms with van der Waals surface area (Å²) in [6.07, 6.45) is 1.99. The minimum Gasteiger partial charge on any atom is -0.481 e. The molecule has 6 heteroatoms. The Bertz CT molecular complexity index is 575. The summed E-state index contributed by atoms with van der Waals surface area (Å²) in [5.41, 5.74) is 3.51. The van der Waals surface area contributed by atoms with Crippen molar-refractivity contribution < 1.29 is 13.5 Å². The van der Waals surface area contributed by atoms with Gasteiger partial charge in [-0.25, -0.2) is 13.8 Å². The first-order valence-corrected chi connectivity index (χ1v) is 6.04. The molecule has 1 atom stereocenters. The van der Waals surface area contributed by atoms with E-state index >= 15 is 0 Å². The number of ether oxygens (including phenoxy) is 1. The van der Waals surface area contributed by atoms with E-state index in [1.807, 2.05) is 0 Å². The number of hydrogen-bond donors (Lipinski definition) is 2. The van der Waals surface area contributed by atoms with E-state index in [-0.39, 0.29) is 5.56 Å². The first kappa shape index (κ1) is 14.4. The highest BCUT2D eigenvalue weighted by atomic mass is 19.1. The summed E-state index contributed by atoms with van der Waals surface area (Å²) in [6, 6.07) is 6.25. The molecule has 4 nitrogen and oxygen atoms in total. The molecule has 0 bridgehead atoms. The van der Waals surface area contributed by atoms with Crippen molar-refractivity contribution >= 4 is 0 Å². The van der Waals surface area contributed by atoms with Gasteiger partial charge in [-0.15, -0.1) is 0 Å². The maximum absolute atomic E-state index is 13.7. The molecule has 20 heavy (non-hydrogen) atoms. The highest BCUT2D eigenvalue weighted by Gasteiger charge is 2.16. The maximum Gasteiger partial charge on any atom is 0.212 e. The van der Waals surface area contributed by atoms with Gasteiger partial charge in [0.15, 0.2) is 0 Å². The summed E-state index contributed by atoms with van der Waals surface area (Å²) < 4.78 is 31.9. The zero-order valence-electron chi connectivity index (χ0n) is 10.9. The molecular weight excluding hydrogens is 264 g/mol. The summed E-state index contributed by atoms with van der Waals surface area (Å²) in [6.45, 7) is 0. The largest absolute Gasteiger partial charge is 0.481 e. The molecule has 0 aliphatic heterocycles. The molecule has 0 spiro atoms. The summed E-state index contributed by atoms with van der Waals surface area (Å²) in [7, 11) is 1.52. The number of methoxy groups -OCH3 is 1. The van der Waals surface area contributed by atoms with E-state index in [0.29, 0.717) is 12.3 Å². The third-order valence-corrected chi connectivity index (χ3v) is 2.98. The number of hydrazine groups is 1. The number of aromatic nitrogens is 1. The van der Waals surface area contributed by atoms with Crippen LogP contribution in [0.4, 0.5) is 8.78 Å². The van der Waals surface area contributed by atoms with Crippen molar-refractivity contribution in [2.45, 2.75) is 12.5 Å². The minimum absolute atomic E-state index is 0.184. The molecule has 0 saturated heterocycles.